The van der Waals surface area contributed by atoms with Crippen LogP contribution in [0.3, 0.4) is 0 Å². The summed E-state index contributed by atoms with van der Waals surface area (Å²) in [6.45, 7) is 10.3. The Balaban J connectivity index is 3.28. The molecule has 0 aromatic carbocycles. The monoisotopic (exact) mass is 156 g/mol. The van der Waals surface area contributed by atoms with E-state index in [-0.39, 0.29) is 5.54 Å². The van der Waals surface area contributed by atoms with Gasteiger partial charge in [0.25, 0.3) is 0 Å². The average molecular weight is 156 g/mol. The lowest BCUT2D eigenvalue weighted by molar-refractivity contribution is 0.414. The lowest BCUT2D eigenvalue weighted by atomic mass is 9.94. The number of nitrogens with two attached hydrogens (primary N) is 1. The van der Waals surface area contributed by atoms with Gasteiger partial charge in [-0.2, -0.15) is 0 Å². The molecule has 0 aromatic rings. The van der Waals surface area contributed by atoms with Crippen molar-refractivity contribution in [2.24, 2.45) is 11.7 Å². The van der Waals surface area contributed by atoms with Crippen LogP contribution in [-0.4, -0.2) is 5.54 Å². The Hall–Kier alpha value is -0.0400. The van der Waals surface area contributed by atoms with Crippen LogP contribution in [0.25, 0.3) is 0 Å². The quantitative estimate of drug-likeness (QED) is 0.650. The van der Waals surface area contributed by atoms with Crippen molar-refractivity contribution in [2.75, 3.05) is 0 Å². The van der Waals surface area contributed by atoms with Gasteiger partial charge in [0.15, 0.2) is 0 Å². The Kier molecular flexibility index (Phi) is 4.74. The topological polar surface area (TPSA) is 26.0 Å². The molecule has 0 aliphatic rings. The molecule has 1 radical (unpaired) electrons. The van der Waals surface area contributed by atoms with E-state index < -0.39 is 0 Å². The molecule has 1 heteroatoms. The van der Waals surface area contributed by atoms with Crippen molar-refractivity contribution in [3.8, 4) is 0 Å². The van der Waals surface area contributed by atoms with E-state index in [4.69, 9.17) is 5.73 Å². The molecule has 11 heavy (non-hydrogen) atoms. The van der Waals surface area contributed by atoms with E-state index in [2.05, 4.69) is 27.7 Å². The maximum absolute atomic E-state index is 5.85. The van der Waals surface area contributed by atoms with Crippen LogP contribution in [0.1, 0.15) is 46.5 Å². The van der Waals surface area contributed by atoms with Crippen LogP contribution in [0.15, 0.2) is 0 Å². The molecule has 0 aliphatic carbocycles. The molecule has 0 rings (SSSR count). The fraction of sp³-hybridized carbons (Fsp3) is 0.900. The van der Waals surface area contributed by atoms with Crippen molar-refractivity contribution in [3.63, 3.8) is 0 Å². The third-order valence-electron chi connectivity index (χ3n) is 2.01. The Morgan fingerprint density at radius 1 is 1.45 bits per heavy atom. The first-order valence-corrected chi connectivity index (χ1v) is 4.54. The van der Waals surface area contributed by atoms with Crippen molar-refractivity contribution in [2.45, 2.75) is 52.0 Å². The molecule has 1 unspecified atom stereocenters. The minimum absolute atomic E-state index is 0.0148. The van der Waals surface area contributed by atoms with Crippen LogP contribution in [0, 0.1) is 12.8 Å². The van der Waals surface area contributed by atoms with Gasteiger partial charge in [-0.05, 0) is 26.2 Å². The average Bonchev–Trinajstić information content (AvgIpc) is 1.85. The second kappa shape index (κ2) is 4.76. The number of hydrogen-bond acceptors (Lipinski definition) is 1. The minimum Gasteiger partial charge on any atom is -0.326 e. The normalized spacial score (nSPS) is 15.0. The van der Waals surface area contributed by atoms with Crippen LogP contribution in [0.5, 0.6) is 0 Å². The van der Waals surface area contributed by atoms with Crippen LogP contribution >= 0.6 is 0 Å². The van der Waals surface area contributed by atoms with E-state index in [0.29, 0.717) is 0 Å². The molecule has 0 fully saturated rings. The standard InChI is InChI=1S/C10H22N/c1-5-9(2)7-6-8-10(3,4)11/h9H,1,5-8,11H2,2-4H3. The Labute approximate surface area is 71.4 Å². The molecule has 0 bridgehead atoms. The molecule has 67 valence electrons. The van der Waals surface area contributed by atoms with Crippen LogP contribution < -0.4 is 5.73 Å². The molecular weight excluding hydrogens is 134 g/mol. The molecule has 0 aliphatic heterocycles. The Morgan fingerprint density at radius 3 is 2.36 bits per heavy atom. The smallest absolute Gasteiger partial charge is 0.00970 e. The van der Waals surface area contributed by atoms with Crippen molar-refractivity contribution in [3.05, 3.63) is 6.92 Å². The minimum atomic E-state index is 0.0148. The Bertz CT molecular complexity index is 91.5. The molecular formula is C10H22N. The third-order valence-corrected chi connectivity index (χ3v) is 2.01. The summed E-state index contributed by atoms with van der Waals surface area (Å²) in [5.41, 5.74) is 5.86. The van der Waals surface area contributed by atoms with Gasteiger partial charge < -0.3 is 5.73 Å². The summed E-state index contributed by atoms with van der Waals surface area (Å²) in [7, 11) is 0. The third kappa shape index (κ3) is 7.86. The first-order valence-electron chi connectivity index (χ1n) is 4.54. The highest BCUT2D eigenvalue weighted by Gasteiger charge is 2.10. The van der Waals surface area contributed by atoms with E-state index in [1.54, 1.807) is 0 Å². The highest BCUT2D eigenvalue weighted by molar-refractivity contribution is 4.71. The predicted molar refractivity (Wildman–Crippen MR) is 51.3 cm³/mol. The van der Waals surface area contributed by atoms with Gasteiger partial charge in [0.05, 0.1) is 0 Å². The zero-order valence-electron chi connectivity index (χ0n) is 8.19. The maximum Gasteiger partial charge on any atom is 0.00970 e. The summed E-state index contributed by atoms with van der Waals surface area (Å²) < 4.78 is 0. The lowest BCUT2D eigenvalue weighted by Crippen LogP contribution is -2.31. The molecule has 0 heterocycles. The number of rotatable bonds is 5. The van der Waals surface area contributed by atoms with E-state index in [1.165, 1.54) is 12.8 Å². The van der Waals surface area contributed by atoms with E-state index in [0.717, 1.165) is 18.8 Å². The highest BCUT2D eigenvalue weighted by atomic mass is 14.7. The summed E-state index contributed by atoms with van der Waals surface area (Å²) in [5, 5.41) is 0. The van der Waals surface area contributed by atoms with Crippen LogP contribution in [0.2, 0.25) is 0 Å². The van der Waals surface area contributed by atoms with Gasteiger partial charge in [-0.25, -0.2) is 0 Å². The largest absolute Gasteiger partial charge is 0.326 e. The van der Waals surface area contributed by atoms with Gasteiger partial charge in [0, 0.05) is 5.54 Å². The summed E-state index contributed by atoms with van der Waals surface area (Å²) in [6.07, 6.45) is 4.67. The SMILES string of the molecule is [CH2]CC(C)CCCC(C)(C)N. The van der Waals surface area contributed by atoms with E-state index >= 15 is 0 Å². The van der Waals surface area contributed by atoms with Crippen molar-refractivity contribution in [1.82, 2.24) is 0 Å². The zero-order chi connectivity index (χ0) is 8.91. The van der Waals surface area contributed by atoms with Crippen LogP contribution in [-0.2, 0) is 0 Å². The molecule has 1 atom stereocenters. The molecule has 0 saturated carbocycles. The van der Waals surface area contributed by atoms with Gasteiger partial charge in [-0.3, -0.25) is 0 Å². The van der Waals surface area contributed by atoms with Gasteiger partial charge in [-0.1, -0.05) is 33.1 Å². The van der Waals surface area contributed by atoms with E-state index in [1.807, 2.05) is 0 Å². The van der Waals surface area contributed by atoms with Gasteiger partial charge in [-0.15, -0.1) is 0 Å². The maximum atomic E-state index is 5.85. The fourth-order valence-corrected chi connectivity index (χ4v) is 1.05. The summed E-state index contributed by atoms with van der Waals surface area (Å²) in [6, 6.07) is 0. The Morgan fingerprint density at radius 2 is 2.00 bits per heavy atom. The molecule has 0 spiro atoms. The second-order valence-electron chi connectivity index (χ2n) is 4.27. The summed E-state index contributed by atoms with van der Waals surface area (Å²) >= 11 is 0. The lowest BCUT2D eigenvalue weighted by Gasteiger charge is -2.18. The first-order chi connectivity index (χ1) is 4.95. The number of hydrogen-bond donors (Lipinski definition) is 1. The van der Waals surface area contributed by atoms with Crippen molar-refractivity contribution < 1.29 is 0 Å². The van der Waals surface area contributed by atoms with Crippen LogP contribution in [0.4, 0.5) is 0 Å². The van der Waals surface area contributed by atoms with Gasteiger partial charge >= 0.3 is 0 Å². The summed E-state index contributed by atoms with van der Waals surface area (Å²) in [5.74, 6) is 0.761. The van der Waals surface area contributed by atoms with Crippen molar-refractivity contribution >= 4 is 0 Å². The fourth-order valence-electron chi connectivity index (χ4n) is 1.05. The predicted octanol–water partition coefficient (Wildman–Crippen LogP) is 2.75. The van der Waals surface area contributed by atoms with Gasteiger partial charge in [0.2, 0.25) is 0 Å². The molecule has 0 saturated heterocycles. The molecule has 0 amide bonds. The zero-order valence-corrected chi connectivity index (χ0v) is 8.19. The van der Waals surface area contributed by atoms with Gasteiger partial charge in [0.1, 0.15) is 0 Å². The van der Waals surface area contributed by atoms with Crippen molar-refractivity contribution in [1.29, 1.82) is 0 Å². The highest BCUT2D eigenvalue weighted by Crippen LogP contribution is 2.15. The molecule has 0 aromatic heterocycles. The molecule has 2 N–H and O–H groups in total. The first kappa shape index (κ1) is 11.0. The molecule has 1 nitrogen and oxygen atoms in total. The summed E-state index contributed by atoms with van der Waals surface area (Å²) in [4.78, 5) is 0. The van der Waals surface area contributed by atoms with E-state index in [9.17, 15) is 0 Å². The second-order valence-corrected chi connectivity index (χ2v) is 4.27.